The number of aromatic nitrogens is 1. The Hall–Kier alpha value is -2.69. The van der Waals surface area contributed by atoms with Gasteiger partial charge in [-0.05, 0) is 68.9 Å². The van der Waals surface area contributed by atoms with E-state index >= 15 is 0 Å². The predicted octanol–water partition coefficient (Wildman–Crippen LogP) is 3.11. The molecule has 0 bridgehead atoms. The lowest BCUT2D eigenvalue weighted by molar-refractivity contribution is 0.158. The van der Waals surface area contributed by atoms with E-state index in [0.29, 0.717) is 38.7 Å². The highest BCUT2D eigenvalue weighted by Crippen LogP contribution is 2.27. The summed E-state index contributed by atoms with van der Waals surface area (Å²) < 4.78 is 30.3. The molecule has 1 aromatic heterocycles. The minimum absolute atomic E-state index is 0.387. The van der Waals surface area contributed by atoms with Crippen molar-refractivity contribution in [2.75, 3.05) is 43.9 Å². The molecular formula is C23H32N5O4S-. The van der Waals surface area contributed by atoms with Crippen molar-refractivity contribution < 1.29 is 18.3 Å². The number of fused-ring (bicyclic) bond motifs is 1. The van der Waals surface area contributed by atoms with E-state index in [4.69, 9.17) is 15.3 Å². The Bertz CT molecular complexity index is 956. The summed E-state index contributed by atoms with van der Waals surface area (Å²) in [7, 11) is 0. The number of nitrogens with zero attached hydrogens (tertiary/aromatic N) is 3. The summed E-state index contributed by atoms with van der Waals surface area (Å²) in [6.07, 6.45) is 5.98. The van der Waals surface area contributed by atoms with Crippen molar-refractivity contribution in [3.63, 3.8) is 0 Å². The summed E-state index contributed by atoms with van der Waals surface area (Å²) in [6.45, 7) is 4.46. The predicted molar refractivity (Wildman–Crippen MR) is 130 cm³/mol. The second-order valence-electron chi connectivity index (χ2n) is 7.73. The number of benzene rings is 1. The van der Waals surface area contributed by atoms with Crippen LogP contribution in [-0.4, -0.2) is 56.6 Å². The third-order valence-corrected chi connectivity index (χ3v) is 6.11. The summed E-state index contributed by atoms with van der Waals surface area (Å²) >= 11 is -2.25. The van der Waals surface area contributed by atoms with Gasteiger partial charge in [-0.15, -0.1) is 0 Å². The number of unbranched alkanes of at least 4 members (excludes halogenated alkanes) is 2. The Morgan fingerprint density at radius 3 is 2.88 bits per heavy atom. The Labute approximate surface area is 197 Å². The van der Waals surface area contributed by atoms with E-state index in [-0.39, 0.29) is 0 Å². The van der Waals surface area contributed by atoms with Gasteiger partial charge >= 0.3 is 0 Å². The van der Waals surface area contributed by atoms with Crippen LogP contribution in [0.3, 0.4) is 0 Å². The molecule has 1 aliphatic rings. The van der Waals surface area contributed by atoms with Crippen LogP contribution in [0.15, 0.2) is 41.7 Å². The molecule has 0 aliphatic heterocycles. The molecule has 3 N–H and O–H groups in total. The van der Waals surface area contributed by atoms with Crippen LogP contribution in [0.4, 0.5) is 11.5 Å². The summed E-state index contributed by atoms with van der Waals surface area (Å²) in [5.41, 5.74) is 9.85. The van der Waals surface area contributed by atoms with Crippen molar-refractivity contribution in [2.24, 2.45) is 5.16 Å². The van der Waals surface area contributed by atoms with Crippen molar-refractivity contribution in [1.82, 2.24) is 9.29 Å². The Balaban J connectivity index is 1.32. The molecule has 0 amide bonds. The van der Waals surface area contributed by atoms with E-state index in [2.05, 4.69) is 21.5 Å². The van der Waals surface area contributed by atoms with E-state index in [0.717, 1.165) is 54.8 Å². The number of ether oxygens (including phenoxy) is 1. The van der Waals surface area contributed by atoms with Gasteiger partial charge in [-0.3, -0.25) is 4.21 Å². The maximum Gasteiger partial charge on any atom is 0.125 e. The molecule has 1 atom stereocenters. The number of nitrogens with one attached hydrogen (secondary N) is 1. The van der Waals surface area contributed by atoms with Crippen molar-refractivity contribution in [3.8, 4) is 5.75 Å². The molecule has 0 saturated heterocycles. The average Bonchev–Trinajstić information content (AvgIpc) is 3.20. The highest BCUT2D eigenvalue weighted by molar-refractivity contribution is 7.76. The Morgan fingerprint density at radius 1 is 1.21 bits per heavy atom. The summed E-state index contributed by atoms with van der Waals surface area (Å²) in [5.74, 6) is 1.28. The number of hydrogen-bond acceptors (Lipinski definition) is 8. The Kier molecular flexibility index (Phi) is 9.92. The van der Waals surface area contributed by atoms with Gasteiger partial charge in [0.05, 0.1) is 12.3 Å². The SMILES string of the molecule is CCO/N=C1\CCc2cc(OCCCCCN(CCNc3ccnc(N)c3)S(=O)[O-])ccc21. The minimum atomic E-state index is -2.25. The largest absolute Gasteiger partial charge is 0.760 e. The highest BCUT2D eigenvalue weighted by atomic mass is 32.2. The lowest BCUT2D eigenvalue weighted by Crippen LogP contribution is -2.31. The highest BCUT2D eigenvalue weighted by Gasteiger charge is 2.19. The zero-order valence-electron chi connectivity index (χ0n) is 19.0. The van der Waals surface area contributed by atoms with Gasteiger partial charge in [-0.1, -0.05) is 5.16 Å². The summed E-state index contributed by atoms with van der Waals surface area (Å²) in [4.78, 5) is 9.12. The molecule has 0 saturated carbocycles. The van der Waals surface area contributed by atoms with Crippen molar-refractivity contribution in [1.29, 1.82) is 0 Å². The number of oxime groups is 1. The van der Waals surface area contributed by atoms with Crippen molar-refractivity contribution in [3.05, 3.63) is 47.7 Å². The lowest BCUT2D eigenvalue weighted by Gasteiger charge is -2.24. The van der Waals surface area contributed by atoms with Crippen LogP contribution in [0, 0.1) is 0 Å². The summed E-state index contributed by atoms with van der Waals surface area (Å²) in [6, 6.07) is 9.61. The molecule has 1 unspecified atom stereocenters. The molecular weight excluding hydrogens is 442 g/mol. The standard InChI is InChI=1S/C23H33N5O4S/c1-2-32-27-22-9-6-18-16-20(7-8-21(18)22)31-15-5-3-4-13-28(33(29)30)14-12-25-19-10-11-26-23(24)17-19/h7-8,10-11,16-17H,2-6,9,12-15H2,1H3,(H,29,30)(H3,24,25,26)/p-1/b27-22+. The second kappa shape index (κ2) is 13.1. The molecule has 0 fully saturated rings. The fourth-order valence-electron chi connectivity index (χ4n) is 3.67. The fraction of sp³-hybridized carbons (Fsp3) is 0.478. The van der Waals surface area contributed by atoms with Gasteiger partial charge in [-0.25, -0.2) is 9.29 Å². The Morgan fingerprint density at radius 2 is 2.09 bits per heavy atom. The quantitative estimate of drug-likeness (QED) is 0.245. The first-order valence-corrected chi connectivity index (χ1v) is 12.3. The molecule has 180 valence electrons. The van der Waals surface area contributed by atoms with Gasteiger partial charge in [-0.2, -0.15) is 0 Å². The first kappa shape index (κ1) is 24.9. The molecule has 3 rings (SSSR count). The van der Waals surface area contributed by atoms with Crippen molar-refractivity contribution in [2.45, 2.75) is 39.0 Å². The van der Waals surface area contributed by atoms with Gasteiger partial charge in [0.25, 0.3) is 0 Å². The first-order chi connectivity index (χ1) is 16.1. The number of hydrogen-bond donors (Lipinski definition) is 2. The van der Waals surface area contributed by atoms with Crippen LogP contribution in [0.2, 0.25) is 0 Å². The molecule has 1 aliphatic carbocycles. The molecule has 33 heavy (non-hydrogen) atoms. The van der Waals surface area contributed by atoms with E-state index in [1.807, 2.05) is 19.1 Å². The minimum Gasteiger partial charge on any atom is -0.760 e. The maximum atomic E-state index is 11.5. The van der Waals surface area contributed by atoms with Crippen LogP contribution in [0.5, 0.6) is 5.75 Å². The molecule has 9 nitrogen and oxygen atoms in total. The van der Waals surface area contributed by atoms with Crippen LogP contribution in [0.25, 0.3) is 0 Å². The fourth-order valence-corrected chi connectivity index (χ4v) is 4.19. The van der Waals surface area contributed by atoms with Crippen LogP contribution >= 0.6 is 0 Å². The molecule has 10 heteroatoms. The first-order valence-electron chi connectivity index (χ1n) is 11.3. The molecule has 1 aromatic carbocycles. The zero-order chi connectivity index (χ0) is 23.5. The zero-order valence-corrected chi connectivity index (χ0v) is 19.8. The number of anilines is 2. The van der Waals surface area contributed by atoms with Crippen LogP contribution in [0.1, 0.15) is 43.7 Å². The third kappa shape index (κ3) is 7.99. The second-order valence-corrected chi connectivity index (χ2v) is 8.68. The normalized spacial score (nSPS) is 14.9. The van der Waals surface area contributed by atoms with E-state index in [9.17, 15) is 8.76 Å². The van der Waals surface area contributed by atoms with Gasteiger partial charge < -0.3 is 25.2 Å². The lowest BCUT2D eigenvalue weighted by atomic mass is 10.1. The number of nitrogen functional groups attached to an aromatic ring is 1. The van der Waals surface area contributed by atoms with Crippen LogP contribution in [-0.2, 0) is 22.5 Å². The maximum absolute atomic E-state index is 11.5. The topological polar surface area (TPSA) is 125 Å². The van der Waals surface area contributed by atoms with E-state index in [1.54, 1.807) is 18.3 Å². The average molecular weight is 475 g/mol. The number of aryl methyl sites for hydroxylation is 1. The third-order valence-electron chi connectivity index (χ3n) is 5.33. The number of rotatable bonds is 14. The van der Waals surface area contributed by atoms with Gasteiger partial charge in [0, 0.05) is 54.4 Å². The molecule has 0 radical (unpaired) electrons. The van der Waals surface area contributed by atoms with Crippen LogP contribution < -0.4 is 15.8 Å². The number of pyridine rings is 1. The van der Waals surface area contributed by atoms with Gasteiger partial charge in [0.2, 0.25) is 0 Å². The van der Waals surface area contributed by atoms with E-state index < -0.39 is 11.3 Å². The summed E-state index contributed by atoms with van der Waals surface area (Å²) in [5, 5.41) is 7.35. The van der Waals surface area contributed by atoms with Gasteiger partial charge in [0.15, 0.2) is 0 Å². The molecule has 2 aromatic rings. The monoisotopic (exact) mass is 474 g/mol. The van der Waals surface area contributed by atoms with E-state index in [1.165, 1.54) is 9.87 Å². The van der Waals surface area contributed by atoms with Crippen molar-refractivity contribution >= 4 is 28.5 Å². The smallest absolute Gasteiger partial charge is 0.125 e. The molecule has 0 spiro atoms. The molecule has 1 heterocycles. The number of nitrogens with two attached hydrogens (primary N) is 1. The van der Waals surface area contributed by atoms with Gasteiger partial charge in [0.1, 0.15) is 18.2 Å².